The maximum atomic E-state index is 12.4. The third-order valence-electron chi connectivity index (χ3n) is 3.87. The summed E-state index contributed by atoms with van der Waals surface area (Å²) in [6, 6.07) is 4.11. The molecular weight excluding hydrogens is 354 g/mol. The summed E-state index contributed by atoms with van der Waals surface area (Å²) in [5, 5.41) is 4.51. The molecule has 2 atom stereocenters. The Bertz CT molecular complexity index is 769. The number of imide groups is 2. The third kappa shape index (κ3) is 4.30. The van der Waals surface area contributed by atoms with Crippen LogP contribution in [0, 0.1) is 0 Å². The van der Waals surface area contributed by atoms with Gasteiger partial charge in [-0.1, -0.05) is 12.1 Å². The number of amides is 5. The van der Waals surface area contributed by atoms with Crippen LogP contribution in [0.4, 0.5) is 4.79 Å². The molecule has 9 nitrogen and oxygen atoms in total. The smallest absolute Gasteiger partial charge is 0.329 e. The molecule has 1 aromatic rings. The molecule has 1 aliphatic rings. The van der Waals surface area contributed by atoms with Crippen LogP contribution in [0.15, 0.2) is 24.3 Å². The Kier molecular flexibility index (Phi) is 5.94. The van der Waals surface area contributed by atoms with E-state index in [9.17, 15) is 24.0 Å². The number of nitrogens with one attached hydrogen (secondary N) is 2. The lowest BCUT2D eigenvalue weighted by Crippen LogP contribution is -2.49. The van der Waals surface area contributed by atoms with Crippen LogP contribution in [-0.2, 0) is 14.3 Å². The monoisotopic (exact) mass is 375 g/mol. The molecule has 1 aliphatic heterocycles. The number of carbonyl (C=O) groups excluding carboxylic acids is 5. The van der Waals surface area contributed by atoms with Gasteiger partial charge in [0.15, 0.2) is 6.10 Å². The van der Waals surface area contributed by atoms with E-state index in [0.717, 1.165) is 4.90 Å². The van der Waals surface area contributed by atoms with E-state index in [1.54, 1.807) is 26.0 Å². The van der Waals surface area contributed by atoms with E-state index in [1.807, 2.05) is 5.32 Å². The van der Waals surface area contributed by atoms with Gasteiger partial charge in [0.1, 0.15) is 6.04 Å². The van der Waals surface area contributed by atoms with E-state index in [2.05, 4.69) is 5.32 Å². The predicted octanol–water partition coefficient (Wildman–Crippen LogP) is 0.837. The maximum Gasteiger partial charge on any atom is 0.329 e. The molecule has 0 radical (unpaired) electrons. The van der Waals surface area contributed by atoms with Crippen LogP contribution >= 0.6 is 0 Å². The lowest BCUT2D eigenvalue weighted by atomic mass is 10.1. The average Bonchev–Trinajstić information content (AvgIpc) is 2.84. The molecule has 0 saturated heterocycles. The number of ether oxygens (including phenoxy) is 1. The lowest BCUT2D eigenvalue weighted by molar-refractivity contribution is -0.157. The first-order valence-corrected chi connectivity index (χ1v) is 8.42. The summed E-state index contributed by atoms with van der Waals surface area (Å²) in [6.45, 7) is 6.06. The van der Waals surface area contributed by atoms with E-state index < -0.39 is 41.9 Å². The predicted molar refractivity (Wildman–Crippen MR) is 93.8 cm³/mol. The van der Waals surface area contributed by atoms with Gasteiger partial charge in [0.25, 0.3) is 17.7 Å². The summed E-state index contributed by atoms with van der Waals surface area (Å²) in [6.07, 6.45) is -1.28. The van der Waals surface area contributed by atoms with Gasteiger partial charge in [-0.05, 0) is 39.8 Å². The number of hydrogen-bond acceptors (Lipinski definition) is 6. The molecule has 1 aromatic carbocycles. The molecule has 0 bridgehead atoms. The summed E-state index contributed by atoms with van der Waals surface area (Å²) in [4.78, 5) is 61.3. The molecule has 9 heteroatoms. The van der Waals surface area contributed by atoms with Gasteiger partial charge in [0.2, 0.25) is 0 Å². The molecule has 5 amide bonds. The van der Waals surface area contributed by atoms with E-state index >= 15 is 0 Å². The summed E-state index contributed by atoms with van der Waals surface area (Å²) >= 11 is 0. The van der Waals surface area contributed by atoms with E-state index in [0.29, 0.717) is 0 Å². The first-order chi connectivity index (χ1) is 12.6. The fraction of sp³-hybridized carbons (Fsp3) is 0.389. The summed E-state index contributed by atoms with van der Waals surface area (Å²) in [5.41, 5.74) is 0.414. The standard InChI is InChI=1S/C18H21N3O6/c1-9(2)19-18(26)20-14(22)11(4)27-17(25)10(3)21-15(23)12-7-5-6-8-13(12)16(21)24/h5-11H,1-4H3,(H2,19,20,22,26). The van der Waals surface area contributed by atoms with Crippen molar-refractivity contribution in [3.05, 3.63) is 35.4 Å². The third-order valence-corrected chi connectivity index (χ3v) is 3.87. The molecule has 1 heterocycles. The second kappa shape index (κ2) is 7.98. The topological polar surface area (TPSA) is 122 Å². The highest BCUT2D eigenvalue weighted by atomic mass is 16.5. The molecule has 0 aromatic heterocycles. The number of nitrogens with zero attached hydrogens (tertiary/aromatic N) is 1. The van der Waals surface area contributed by atoms with Crippen LogP contribution < -0.4 is 10.6 Å². The molecule has 0 spiro atoms. The SMILES string of the molecule is CC(C)NC(=O)NC(=O)C(C)OC(=O)C(C)N1C(=O)c2ccccc2C1=O. The first-order valence-electron chi connectivity index (χ1n) is 8.42. The Hall–Kier alpha value is -3.23. The fourth-order valence-electron chi connectivity index (χ4n) is 2.50. The second-order valence-electron chi connectivity index (χ2n) is 6.40. The number of carbonyl (C=O) groups is 5. The lowest BCUT2D eigenvalue weighted by Gasteiger charge is -2.22. The summed E-state index contributed by atoms with van der Waals surface area (Å²) in [5.74, 6) is -2.96. The van der Waals surface area contributed by atoms with Crippen LogP contribution in [0.3, 0.4) is 0 Å². The fourth-order valence-corrected chi connectivity index (χ4v) is 2.50. The minimum Gasteiger partial charge on any atom is -0.451 e. The van der Waals surface area contributed by atoms with Crippen LogP contribution in [0.5, 0.6) is 0 Å². The Morgan fingerprint density at radius 3 is 1.96 bits per heavy atom. The highest BCUT2D eigenvalue weighted by molar-refractivity contribution is 6.22. The number of hydrogen-bond donors (Lipinski definition) is 2. The highest BCUT2D eigenvalue weighted by Gasteiger charge is 2.41. The van der Waals surface area contributed by atoms with Crippen molar-refractivity contribution < 1.29 is 28.7 Å². The zero-order valence-electron chi connectivity index (χ0n) is 15.4. The molecular formula is C18H21N3O6. The summed E-state index contributed by atoms with van der Waals surface area (Å²) < 4.78 is 5.01. The normalized spacial score (nSPS) is 15.2. The van der Waals surface area contributed by atoms with Gasteiger partial charge in [-0.15, -0.1) is 0 Å². The molecule has 0 saturated carbocycles. The van der Waals surface area contributed by atoms with Gasteiger partial charge in [-0.3, -0.25) is 24.6 Å². The van der Waals surface area contributed by atoms with Gasteiger partial charge in [-0.2, -0.15) is 0 Å². The average molecular weight is 375 g/mol. The molecule has 2 N–H and O–H groups in total. The Labute approximate surface area is 156 Å². The molecule has 0 aliphatic carbocycles. The van der Waals surface area contributed by atoms with Crippen molar-refractivity contribution in [1.82, 2.24) is 15.5 Å². The van der Waals surface area contributed by atoms with E-state index in [1.165, 1.54) is 26.0 Å². The van der Waals surface area contributed by atoms with E-state index in [4.69, 9.17) is 4.74 Å². The van der Waals surface area contributed by atoms with Crippen molar-refractivity contribution in [3.63, 3.8) is 0 Å². The van der Waals surface area contributed by atoms with Crippen molar-refractivity contribution in [2.75, 3.05) is 0 Å². The molecule has 2 rings (SSSR count). The Balaban J connectivity index is 2.00. The van der Waals surface area contributed by atoms with Crippen LogP contribution in [0.2, 0.25) is 0 Å². The molecule has 0 fully saturated rings. The molecule has 144 valence electrons. The quantitative estimate of drug-likeness (QED) is 0.581. The van der Waals surface area contributed by atoms with Crippen LogP contribution in [0.1, 0.15) is 48.4 Å². The van der Waals surface area contributed by atoms with Crippen molar-refractivity contribution in [2.45, 2.75) is 45.9 Å². The maximum absolute atomic E-state index is 12.4. The molecule has 27 heavy (non-hydrogen) atoms. The minimum atomic E-state index is -1.28. The van der Waals surface area contributed by atoms with E-state index in [-0.39, 0.29) is 17.2 Å². The van der Waals surface area contributed by atoms with Crippen molar-refractivity contribution in [3.8, 4) is 0 Å². The van der Waals surface area contributed by atoms with Crippen LogP contribution in [-0.4, -0.2) is 52.8 Å². The second-order valence-corrected chi connectivity index (χ2v) is 6.40. The van der Waals surface area contributed by atoms with Crippen molar-refractivity contribution >= 4 is 29.7 Å². The van der Waals surface area contributed by atoms with Gasteiger partial charge in [-0.25, -0.2) is 9.59 Å². The Morgan fingerprint density at radius 2 is 1.48 bits per heavy atom. The number of urea groups is 1. The number of esters is 1. The van der Waals surface area contributed by atoms with Gasteiger partial charge in [0.05, 0.1) is 11.1 Å². The Morgan fingerprint density at radius 1 is 0.963 bits per heavy atom. The van der Waals surface area contributed by atoms with Crippen LogP contribution in [0.25, 0.3) is 0 Å². The molecule has 2 unspecified atom stereocenters. The van der Waals surface area contributed by atoms with Crippen molar-refractivity contribution in [2.24, 2.45) is 0 Å². The number of rotatable bonds is 5. The largest absolute Gasteiger partial charge is 0.451 e. The minimum absolute atomic E-state index is 0.176. The number of fused-ring (bicyclic) bond motifs is 1. The first kappa shape index (κ1) is 20.1. The van der Waals surface area contributed by atoms with Gasteiger partial charge in [0, 0.05) is 6.04 Å². The summed E-state index contributed by atoms with van der Waals surface area (Å²) in [7, 11) is 0. The van der Waals surface area contributed by atoms with Gasteiger partial charge >= 0.3 is 12.0 Å². The highest BCUT2D eigenvalue weighted by Crippen LogP contribution is 2.24. The van der Waals surface area contributed by atoms with Gasteiger partial charge < -0.3 is 10.1 Å². The zero-order chi connectivity index (χ0) is 20.3. The zero-order valence-corrected chi connectivity index (χ0v) is 15.4. The number of benzene rings is 1. The van der Waals surface area contributed by atoms with Crippen molar-refractivity contribution in [1.29, 1.82) is 0 Å².